The minimum atomic E-state index is -4.06. The van der Waals surface area contributed by atoms with Crippen LogP contribution in [0.1, 0.15) is 20.7 Å². The zero-order chi connectivity index (χ0) is 32.0. The summed E-state index contributed by atoms with van der Waals surface area (Å²) in [7, 11) is -4.06. The van der Waals surface area contributed by atoms with E-state index in [2.05, 4.69) is 10.0 Å². The fourth-order valence-electron chi connectivity index (χ4n) is 4.60. The lowest BCUT2D eigenvalue weighted by atomic mass is 10.2. The Morgan fingerprint density at radius 3 is 2.07 bits per heavy atom. The number of benzene rings is 4. The number of carbonyl (C=O) groups is 3. The molecule has 1 saturated heterocycles. The van der Waals surface area contributed by atoms with Crippen LogP contribution in [-0.2, 0) is 14.8 Å². The van der Waals surface area contributed by atoms with Gasteiger partial charge in [0.25, 0.3) is 21.8 Å². The van der Waals surface area contributed by atoms with Gasteiger partial charge in [-0.25, -0.2) is 8.42 Å². The van der Waals surface area contributed by atoms with Gasteiger partial charge in [0.15, 0.2) is 5.75 Å². The van der Waals surface area contributed by atoms with Gasteiger partial charge in [0.1, 0.15) is 5.75 Å². The molecule has 10 nitrogen and oxygen atoms in total. The highest BCUT2D eigenvalue weighted by atomic mass is 35.5. The Morgan fingerprint density at radius 1 is 0.733 bits per heavy atom. The average Bonchev–Trinajstić information content (AvgIpc) is 3.05. The summed E-state index contributed by atoms with van der Waals surface area (Å²) in [6.07, 6.45) is 0. The van der Waals surface area contributed by atoms with Gasteiger partial charge in [0, 0.05) is 42.3 Å². The molecule has 13 heteroatoms. The van der Waals surface area contributed by atoms with Crippen molar-refractivity contribution in [3.63, 3.8) is 0 Å². The third-order valence-corrected chi connectivity index (χ3v) is 8.92. The van der Waals surface area contributed by atoms with Crippen LogP contribution < -0.4 is 14.8 Å². The second kappa shape index (κ2) is 14.0. The molecule has 1 aliphatic heterocycles. The van der Waals surface area contributed by atoms with Gasteiger partial charge in [-0.1, -0.05) is 53.5 Å². The Morgan fingerprint density at radius 2 is 1.38 bits per heavy atom. The van der Waals surface area contributed by atoms with Crippen molar-refractivity contribution < 1.29 is 27.5 Å². The standard InChI is InChI=1S/C32H28Cl2N4O6S/c33-24-12-15-28(26(34)20-24)44-29-9-5-4-8-27(29)36-45(42,43)25-13-10-22(11-14-25)31(40)35-21-30(39)37-16-18-38(19-17-37)32(41)23-6-2-1-3-7-23/h1-15,20,36H,16-19,21H2,(H,35,40). The number of hydrogen-bond donors (Lipinski definition) is 2. The molecular weight excluding hydrogens is 639 g/mol. The monoisotopic (exact) mass is 666 g/mol. The largest absolute Gasteiger partial charge is 0.454 e. The lowest BCUT2D eigenvalue weighted by Gasteiger charge is -2.34. The van der Waals surface area contributed by atoms with E-state index in [1.807, 2.05) is 6.07 Å². The number of nitrogens with one attached hydrogen (secondary N) is 2. The first-order chi connectivity index (χ1) is 21.6. The molecule has 0 aromatic heterocycles. The van der Waals surface area contributed by atoms with E-state index in [4.69, 9.17) is 27.9 Å². The zero-order valence-electron chi connectivity index (χ0n) is 23.8. The number of amides is 3. The highest BCUT2D eigenvalue weighted by Gasteiger charge is 2.25. The molecule has 1 fully saturated rings. The van der Waals surface area contributed by atoms with Crippen LogP contribution in [0.4, 0.5) is 5.69 Å². The molecule has 2 N–H and O–H groups in total. The first kappa shape index (κ1) is 31.8. The maximum Gasteiger partial charge on any atom is 0.262 e. The van der Waals surface area contributed by atoms with Crippen LogP contribution in [0.3, 0.4) is 0 Å². The summed E-state index contributed by atoms with van der Waals surface area (Å²) in [6.45, 7) is 1.26. The molecular formula is C32H28Cl2N4O6S. The van der Waals surface area contributed by atoms with Gasteiger partial charge in [-0.15, -0.1) is 0 Å². The highest BCUT2D eigenvalue weighted by Crippen LogP contribution is 2.35. The summed E-state index contributed by atoms with van der Waals surface area (Å²) in [5, 5.41) is 3.27. The summed E-state index contributed by atoms with van der Waals surface area (Å²) in [6, 6.07) is 25.4. The first-order valence-corrected chi connectivity index (χ1v) is 16.1. The van der Waals surface area contributed by atoms with Gasteiger partial charge >= 0.3 is 0 Å². The summed E-state index contributed by atoms with van der Waals surface area (Å²) in [4.78, 5) is 41.3. The number of hydrogen-bond acceptors (Lipinski definition) is 6. The smallest absolute Gasteiger partial charge is 0.262 e. The molecule has 5 rings (SSSR count). The summed E-state index contributed by atoms with van der Waals surface area (Å²) >= 11 is 12.1. The van der Waals surface area contributed by atoms with E-state index in [0.717, 1.165) is 0 Å². The molecule has 1 aliphatic rings. The van der Waals surface area contributed by atoms with Gasteiger partial charge in [0.2, 0.25) is 5.91 Å². The summed E-state index contributed by atoms with van der Waals surface area (Å²) in [5.41, 5.74) is 0.952. The number of ether oxygens (including phenoxy) is 1. The average molecular weight is 668 g/mol. The lowest BCUT2D eigenvalue weighted by Crippen LogP contribution is -2.52. The van der Waals surface area contributed by atoms with Crippen LogP contribution in [0.25, 0.3) is 0 Å². The molecule has 0 spiro atoms. The molecule has 0 bridgehead atoms. The Bertz CT molecular complexity index is 1810. The third kappa shape index (κ3) is 7.93. The number of anilines is 1. The molecule has 232 valence electrons. The van der Waals surface area contributed by atoms with Gasteiger partial charge in [0.05, 0.1) is 22.2 Å². The fourth-order valence-corrected chi connectivity index (χ4v) is 6.12. The van der Waals surface area contributed by atoms with E-state index in [-0.39, 0.29) is 45.3 Å². The molecule has 0 atom stereocenters. The fraction of sp³-hybridized carbons (Fsp3) is 0.156. The van der Waals surface area contributed by atoms with E-state index in [1.165, 1.54) is 36.4 Å². The number of para-hydroxylation sites is 2. The second-order valence-corrected chi connectivity index (χ2v) is 12.6. The van der Waals surface area contributed by atoms with Crippen LogP contribution in [0, 0.1) is 0 Å². The predicted molar refractivity (Wildman–Crippen MR) is 171 cm³/mol. The maximum absolute atomic E-state index is 13.1. The molecule has 4 aromatic rings. The summed E-state index contributed by atoms with van der Waals surface area (Å²) in [5.74, 6) is -0.384. The number of piperazine rings is 1. The van der Waals surface area contributed by atoms with Crippen LogP contribution in [0.2, 0.25) is 10.0 Å². The van der Waals surface area contributed by atoms with Crippen molar-refractivity contribution in [2.75, 3.05) is 37.4 Å². The van der Waals surface area contributed by atoms with Crippen LogP contribution >= 0.6 is 23.2 Å². The molecule has 45 heavy (non-hydrogen) atoms. The van der Waals surface area contributed by atoms with Gasteiger partial charge in [-0.2, -0.15) is 0 Å². The minimum absolute atomic E-state index is 0.0858. The molecule has 0 aliphatic carbocycles. The van der Waals surface area contributed by atoms with Crippen molar-refractivity contribution in [2.24, 2.45) is 0 Å². The van der Waals surface area contributed by atoms with E-state index in [0.29, 0.717) is 42.5 Å². The minimum Gasteiger partial charge on any atom is -0.454 e. The Balaban J connectivity index is 1.14. The molecule has 0 saturated carbocycles. The van der Waals surface area contributed by atoms with Crippen molar-refractivity contribution >= 4 is 56.6 Å². The van der Waals surface area contributed by atoms with Crippen LogP contribution in [0.15, 0.2) is 102 Å². The van der Waals surface area contributed by atoms with Crippen molar-refractivity contribution in [1.29, 1.82) is 0 Å². The van der Waals surface area contributed by atoms with Gasteiger partial charge < -0.3 is 19.9 Å². The number of halogens is 2. The number of nitrogens with zero attached hydrogens (tertiary/aromatic N) is 2. The Labute approximate surface area is 270 Å². The molecule has 3 amide bonds. The lowest BCUT2D eigenvalue weighted by molar-refractivity contribution is -0.131. The molecule has 1 heterocycles. The van der Waals surface area contributed by atoms with Gasteiger partial charge in [-0.05, 0) is 66.7 Å². The SMILES string of the molecule is O=C(NCC(=O)N1CCN(C(=O)c2ccccc2)CC1)c1ccc(S(=O)(=O)Nc2ccccc2Oc2ccc(Cl)cc2Cl)cc1. The molecule has 0 unspecified atom stereocenters. The number of rotatable bonds is 9. The highest BCUT2D eigenvalue weighted by molar-refractivity contribution is 7.92. The quantitative estimate of drug-likeness (QED) is 0.250. The molecule has 4 aromatic carbocycles. The molecule has 0 radical (unpaired) electrons. The number of carbonyl (C=O) groups excluding carboxylic acids is 3. The second-order valence-electron chi connectivity index (χ2n) is 10.0. The Kier molecular flexibility index (Phi) is 9.92. The topological polar surface area (TPSA) is 125 Å². The van der Waals surface area contributed by atoms with Crippen molar-refractivity contribution in [2.45, 2.75) is 4.90 Å². The zero-order valence-corrected chi connectivity index (χ0v) is 26.1. The van der Waals surface area contributed by atoms with Gasteiger partial charge in [-0.3, -0.25) is 19.1 Å². The van der Waals surface area contributed by atoms with Crippen LogP contribution in [-0.4, -0.2) is 68.7 Å². The first-order valence-electron chi connectivity index (χ1n) is 13.9. The van der Waals surface area contributed by atoms with Crippen molar-refractivity contribution in [1.82, 2.24) is 15.1 Å². The summed E-state index contributed by atoms with van der Waals surface area (Å²) < 4.78 is 34.6. The number of sulfonamides is 1. The third-order valence-electron chi connectivity index (χ3n) is 7.01. The van der Waals surface area contributed by atoms with Crippen molar-refractivity contribution in [3.8, 4) is 11.5 Å². The van der Waals surface area contributed by atoms with Crippen LogP contribution in [0.5, 0.6) is 11.5 Å². The van der Waals surface area contributed by atoms with E-state index < -0.39 is 15.9 Å². The normalized spacial score (nSPS) is 13.2. The predicted octanol–water partition coefficient (Wildman–Crippen LogP) is 5.30. The van der Waals surface area contributed by atoms with E-state index in [9.17, 15) is 22.8 Å². The maximum atomic E-state index is 13.1. The van der Waals surface area contributed by atoms with E-state index in [1.54, 1.807) is 64.4 Å². The Hall–Kier alpha value is -4.58. The van der Waals surface area contributed by atoms with E-state index >= 15 is 0 Å². The van der Waals surface area contributed by atoms with Crippen molar-refractivity contribution in [3.05, 3.63) is 118 Å².